The molecule has 112 valence electrons. The van der Waals surface area contributed by atoms with Crippen LogP contribution in [-0.4, -0.2) is 30.1 Å². The summed E-state index contributed by atoms with van der Waals surface area (Å²) >= 11 is 0. The van der Waals surface area contributed by atoms with Crippen molar-refractivity contribution < 1.29 is 12.9 Å². The molecule has 1 aliphatic carbocycles. The molecule has 0 unspecified atom stereocenters. The Morgan fingerprint density at radius 3 is 2.86 bits per heavy atom. The van der Waals surface area contributed by atoms with Crippen LogP contribution in [0.25, 0.3) is 0 Å². The van der Waals surface area contributed by atoms with Crippen LogP contribution in [0.1, 0.15) is 37.4 Å². The molecule has 0 amide bonds. The van der Waals surface area contributed by atoms with Crippen LogP contribution in [0.2, 0.25) is 0 Å². The molecule has 7 nitrogen and oxygen atoms in total. The van der Waals surface area contributed by atoms with Gasteiger partial charge in [0.2, 0.25) is 15.9 Å². The van der Waals surface area contributed by atoms with Crippen LogP contribution in [0.4, 0.5) is 5.69 Å². The van der Waals surface area contributed by atoms with Crippen molar-refractivity contribution in [3.8, 4) is 0 Å². The summed E-state index contributed by atoms with van der Waals surface area (Å²) in [6, 6.07) is 3.41. The molecule has 1 saturated carbocycles. The highest BCUT2D eigenvalue weighted by molar-refractivity contribution is 7.92. The summed E-state index contributed by atoms with van der Waals surface area (Å²) in [6.45, 7) is 2.10. The largest absolute Gasteiger partial charge is 0.339 e. The fourth-order valence-corrected chi connectivity index (χ4v) is 3.53. The van der Waals surface area contributed by atoms with Crippen LogP contribution in [-0.2, 0) is 15.8 Å². The van der Waals surface area contributed by atoms with Gasteiger partial charge in [-0.1, -0.05) is 5.16 Å². The van der Waals surface area contributed by atoms with Gasteiger partial charge in [-0.3, -0.25) is 9.29 Å². The first-order chi connectivity index (χ1) is 10.1. The van der Waals surface area contributed by atoms with Crippen molar-refractivity contribution >= 4 is 15.7 Å². The van der Waals surface area contributed by atoms with Crippen LogP contribution in [0.5, 0.6) is 0 Å². The van der Waals surface area contributed by atoms with Gasteiger partial charge in [0.1, 0.15) is 5.75 Å². The van der Waals surface area contributed by atoms with Gasteiger partial charge >= 0.3 is 0 Å². The standard InChI is InChI=1S/C13H16N4O3S/c1-2-17(11-4-3-7-14-8-11)21(18,19)9-12-15-13(20-16-12)10-5-6-10/h3-4,7-8,10H,2,5-6,9H2,1H3. The summed E-state index contributed by atoms with van der Waals surface area (Å²) in [4.78, 5) is 8.12. The van der Waals surface area contributed by atoms with Crippen molar-refractivity contribution in [1.82, 2.24) is 15.1 Å². The van der Waals surface area contributed by atoms with Gasteiger partial charge in [0, 0.05) is 18.7 Å². The van der Waals surface area contributed by atoms with Gasteiger partial charge in [0.15, 0.2) is 5.82 Å². The van der Waals surface area contributed by atoms with E-state index < -0.39 is 10.0 Å². The van der Waals surface area contributed by atoms with Gasteiger partial charge < -0.3 is 4.52 Å². The maximum atomic E-state index is 12.5. The van der Waals surface area contributed by atoms with Gasteiger partial charge in [-0.25, -0.2) is 8.42 Å². The topological polar surface area (TPSA) is 89.2 Å². The van der Waals surface area contributed by atoms with Gasteiger partial charge in [-0.05, 0) is 31.9 Å². The lowest BCUT2D eigenvalue weighted by atomic mass is 10.4. The Morgan fingerprint density at radius 2 is 2.24 bits per heavy atom. The number of aromatic nitrogens is 3. The van der Waals surface area contributed by atoms with E-state index >= 15 is 0 Å². The van der Waals surface area contributed by atoms with Crippen molar-refractivity contribution in [2.45, 2.75) is 31.4 Å². The van der Waals surface area contributed by atoms with E-state index in [0.717, 1.165) is 12.8 Å². The van der Waals surface area contributed by atoms with Crippen molar-refractivity contribution in [2.75, 3.05) is 10.8 Å². The molecule has 3 rings (SSSR count). The second kappa shape index (κ2) is 5.44. The Kier molecular flexibility index (Phi) is 3.62. The molecule has 2 aromatic rings. The molecule has 8 heteroatoms. The predicted molar refractivity (Wildman–Crippen MR) is 76.2 cm³/mol. The molecule has 0 aromatic carbocycles. The van der Waals surface area contributed by atoms with E-state index in [4.69, 9.17) is 4.52 Å². The Balaban J connectivity index is 1.80. The lowest BCUT2D eigenvalue weighted by Crippen LogP contribution is -2.32. The molecule has 21 heavy (non-hydrogen) atoms. The van der Waals surface area contributed by atoms with Gasteiger partial charge in [0.25, 0.3) is 0 Å². The molecule has 0 atom stereocenters. The van der Waals surface area contributed by atoms with Gasteiger partial charge in [-0.15, -0.1) is 0 Å². The maximum absolute atomic E-state index is 12.5. The zero-order valence-electron chi connectivity index (χ0n) is 11.6. The third-order valence-electron chi connectivity index (χ3n) is 3.28. The average molecular weight is 308 g/mol. The first-order valence-electron chi connectivity index (χ1n) is 6.83. The number of rotatable bonds is 6. The van der Waals surface area contributed by atoms with E-state index in [0.29, 0.717) is 24.0 Å². The summed E-state index contributed by atoms with van der Waals surface area (Å²) in [7, 11) is -3.56. The molecule has 0 saturated heterocycles. The second-order valence-corrected chi connectivity index (χ2v) is 6.85. The molecule has 1 fully saturated rings. The van der Waals surface area contributed by atoms with Crippen LogP contribution in [0, 0.1) is 0 Å². The quantitative estimate of drug-likeness (QED) is 0.807. The molecule has 0 bridgehead atoms. The first kappa shape index (κ1) is 14.0. The minimum atomic E-state index is -3.56. The van der Waals surface area contributed by atoms with Crippen molar-refractivity contribution in [2.24, 2.45) is 0 Å². The number of pyridine rings is 1. The SMILES string of the molecule is CCN(c1cccnc1)S(=O)(=O)Cc1noc(C2CC2)n1. The second-order valence-electron chi connectivity index (χ2n) is 4.96. The van der Waals surface area contributed by atoms with Crippen molar-refractivity contribution in [3.05, 3.63) is 36.2 Å². The van der Waals surface area contributed by atoms with Crippen molar-refractivity contribution in [3.63, 3.8) is 0 Å². The third-order valence-corrected chi connectivity index (χ3v) is 5.04. The van der Waals surface area contributed by atoms with Gasteiger partial charge in [0.05, 0.1) is 11.9 Å². The van der Waals surface area contributed by atoms with Crippen LogP contribution < -0.4 is 4.31 Å². The van der Waals surface area contributed by atoms with E-state index in [1.165, 1.54) is 10.5 Å². The minimum absolute atomic E-state index is 0.208. The number of hydrogen-bond acceptors (Lipinski definition) is 6. The van der Waals surface area contributed by atoms with E-state index in [1.807, 2.05) is 0 Å². The molecule has 0 spiro atoms. The zero-order chi connectivity index (χ0) is 14.9. The molecule has 2 aromatic heterocycles. The molecule has 2 heterocycles. The normalized spacial score (nSPS) is 15.1. The fourth-order valence-electron chi connectivity index (χ4n) is 2.10. The number of anilines is 1. The van der Waals surface area contributed by atoms with Crippen molar-refractivity contribution in [1.29, 1.82) is 0 Å². The highest BCUT2D eigenvalue weighted by Gasteiger charge is 2.31. The zero-order valence-corrected chi connectivity index (χ0v) is 12.5. The Morgan fingerprint density at radius 1 is 1.43 bits per heavy atom. The van der Waals surface area contributed by atoms with E-state index in [1.54, 1.807) is 25.3 Å². The van der Waals surface area contributed by atoms with E-state index in [-0.39, 0.29) is 11.6 Å². The number of nitrogens with zero attached hydrogens (tertiary/aromatic N) is 4. The summed E-state index contributed by atoms with van der Waals surface area (Å²) in [5.74, 6) is 0.796. The van der Waals surface area contributed by atoms with E-state index in [9.17, 15) is 8.42 Å². The predicted octanol–water partition coefficient (Wildman–Crippen LogP) is 1.70. The van der Waals surface area contributed by atoms with Crippen LogP contribution in [0.3, 0.4) is 0 Å². The van der Waals surface area contributed by atoms with Gasteiger partial charge in [-0.2, -0.15) is 4.98 Å². The summed E-state index contributed by atoms with van der Waals surface area (Å²) < 4.78 is 31.4. The first-order valence-corrected chi connectivity index (χ1v) is 8.44. The van der Waals surface area contributed by atoms with Crippen LogP contribution in [0.15, 0.2) is 29.0 Å². The summed E-state index contributed by atoms with van der Waals surface area (Å²) in [5, 5.41) is 3.77. The number of sulfonamides is 1. The smallest absolute Gasteiger partial charge is 0.242 e. The molecule has 0 radical (unpaired) electrons. The summed E-state index contributed by atoms with van der Waals surface area (Å²) in [6.07, 6.45) is 5.19. The molecule has 0 N–H and O–H groups in total. The minimum Gasteiger partial charge on any atom is -0.339 e. The molecular formula is C13H16N4O3S. The highest BCUT2D eigenvalue weighted by Crippen LogP contribution is 2.38. The molecular weight excluding hydrogens is 292 g/mol. The van der Waals surface area contributed by atoms with E-state index in [2.05, 4.69) is 15.1 Å². The monoisotopic (exact) mass is 308 g/mol. The number of hydrogen-bond donors (Lipinski definition) is 0. The maximum Gasteiger partial charge on any atom is 0.242 e. The lowest BCUT2D eigenvalue weighted by Gasteiger charge is -2.21. The molecule has 1 aliphatic rings. The molecule has 0 aliphatic heterocycles. The summed E-state index contributed by atoms with van der Waals surface area (Å²) in [5.41, 5.74) is 0.533. The fraction of sp³-hybridized carbons (Fsp3) is 0.462. The Bertz CT molecular complexity index is 710. The highest BCUT2D eigenvalue weighted by atomic mass is 32.2. The Hall–Kier alpha value is -1.96. The Labute approximate surface area is 123 Å². The lowest BCUT2D eigenvalue weighted by molar-refractivity contribution is 0.375. The average Bonchev–Trinajstić information content (AvgIpc) is 3.21. The van der Waals surface area contributed by atoms with Crippen LogP contribution >= 0.6 is 0 Å². The third kappa shape index (κ3) is 3.05.